The summed E-state index contributed by atoms with van der Waals surface area (Å²) in [6.07, 6.45) is 2.27. The van der Waals surface area contributed by atoms with Gasteiger partial charge in [0.05, 0.1) is 0 Å². The van der Waals surface area contributed by atoms with Gasteiger partial charge in [-0.25, -0.2) is 0 Å². The molecular formula is C15H39NO4Si3. The zero-order chi connectivity index (χ0) is 18.1. The lowest BCUT2D eigenvalue weighted by Gasteiger charge is -2.35. The van der Waals surface area contributed by atoms with Gasteiger partial charge in [0.25, 0.3) is 0 Å². The van der Waals surface area contributed by atoms with Crippen LogP contribution in [-0.4, -0.2) is 71.5 Å². The molecule has 0 rings (SSSR count). The monoisotopic (exact) mass is 381 g/mol. The third-order valence-electron chi connectivity index (χ3n) is 4.79. The largest absolute Gasteiger partial charge is 0.398 e. The predicted molar refractivity (Wildman–Crippen MR) is 105 cm³/mol. The van der Waals surface area contributed by atoms with Crippen molar-refractivity contribution in [3.8, 4) is 0 Å². The first-order valence-corrected chi connectivity index (χ1v) is 17.0. The molecular weight excluding hydrogens is 342 g/mol. The number of hydrogen-bond acceptors (Lipinski definition) is 5. The maximum absolute atomic E-state index is 5.59. The molecule has 0 atom stereocenters. The molecule has 0 aromatic heterocycles. The first-order valence-electron chi connectivity index (χ1n) is 8.51. The average Bonchev–Trinajstić information content (AvgIpc) is 2.51. The quantitative estimate of drug-likeness (QED) is 0.456. The summed E-state index contributed by atoms with van der Waals surface area (Å²) in [4.78, 5) is 0. The van der Waals surface area contributed by atoms with E-state index in [1.165, 1.54) is 0 Å². The van der Waals surface area contributed by atoms with Crippen molar-refractivity contribution >= 4 is 25.4 Å². The van der Waals surface area contributed by atoms with Crippen LogP contribution in [0.2, 0.25) is 44.8 Å². The Morgan fingerprint density at radius 3 is 1.13 bits per heavy atom. The van der Waals surface area contributed by atoms with Crippen LogP contribution >= 0.6 is 0 Å². The number of nitrogens with zero attached hydrogens (tertiary/aromatic N) is 1. The molecule has 0 saturated carbocycles. The van der Waals surface area contributed by atoms with Crippen molar-refractivity contribution in [3.63, 3.8) is 0 Å². The van der Waals surface area contributed by atoms with Crippen molar-refractivity contribution in [1.29, 1.82) is 0 Å². The first-order chi connectivity index (χ1) is 10.6. The molecule has 0 heterocycles. The summed E-state index contributed by atoms with van der Waals surface area (Å²) in [5.74, 6) is 0. The number of hydrogen-bond donors (Lipinski definition) is 0. The van der Waals surface area contributed by atoms with Gasteiger partial charge in [0, 0.05) is 28.4 Å². The molecule has 0 aliphatic carbocycles. The molecule has 0 aliphatic heterocycles. The van der Waals surface area contributed by atoms with Crippen LogP contribution in [0.1, 0.15) is 12.8 Å². The van der Waals surface area contributed by atoms with E-state index in [1.54, 1.807) is 28.4 Å². The van der Waals surface area contributed by atoms with Crippen molar-refractivity contribution in [3.05, 3.63) is 0 Å². The van der Waals surface area contributed by atoms with E-state index < -0.39 is 25.4 Å². The zero-order valence-electron chi connectivity index (χ0n) is 16.8. The molecule has 0 aromatic rings. The Labute approximate surface area is 147 Å². The second-order valence-corrected chi connectivity index (χ2v) is 19.6. The normalized spacial score (nSPS) is 13.8. The van der Waals surface area contributed by atoms with Gasteiger partial charge in [-0.15, -0.1) is 0 Å². The Bertz CT molecular complexity index is 294. The van der Waals surface area contributed by atoms with E-state index in [0.29, 0.717) is 0 Å². The van der Waals surface area contributed by atoms with Crippen molar-refractivity contribution in [2.75, 3.05) is 41.5 Å². The van der Waals surface area contributed by atoms with E-state index >= 15 is 0 Å². The summed E-state index contributed by atoms with van der Waals surface area (Å²) in [6.45, 7) is 13.8. The molecule has 0 bridgehead atoms. The second-order valence-electron chi connectivity index (χ2n) is 7.45. The Morgan fingerprint density at radius 2 is 0.913 bits per heavy atom. The minimum atomic E-state index is -1.94. The average molecular weight is 382 g/mol. The third kappa shape index (κ3) is 8.92. The van der Waals surface area contributed by atoms with E-state index in [4.69, 9.17) is 17.7 Å². The van der Waals surface area contributed by atoms with Crippen molar-refractivity contribution in [1.82, 2.24) is 4.57 Å². The minimum absolute atomic E-state index is 1.05. The van der Waals surface area contributed by atoms with Gasteiger partial charge in [0.1, 0.15) is 8.24 Å². The van der Waals surface area contributed by atoms with Crippen LogP contribution in [0.25, 0.3) is 0 Å². The summed E-state index contributed by atoms with van der Waals surface area (Å²) in [5, 5.41) is 0. The highest BCUT2D eigenvalue weighted by atomic mass is 28.4. The van der Waals surface area contributed by atoms with Gasteiger partial charge in [0.15, 0.2) is 0 Å². The molecule has 140 valence electrons. The lowest BCUT2D eigenvalue weighted by Crippen LogP contribution is -2.48. The van der Waals surface area contributed by atoms with E-state index in [9.17, 15) is 0 Å². The van der Waals surface area contributed by atoms with E-state index in [1.807, 2.05) is 0 Å². The highest BCUT2D eigenvalue weighted by Crippen LogP contribution is 2.19. The van der Waals surface area contributed by atoms with Crippen molar-refractivity contribution < 1.29 is 17.7 Å². The fourth-order valence-electron chi connectivity index (χ4n) is 2.54. The minimum Gasteiger partial charge on any atom is -0.398 e. The SMILES string of the molecule is CO[Si](C)(CCCN(CCC[Si](C)(OC)OC)[Si](C)(C)C)OC. The van der Waals surface area contributed by atoms with Gasteiger partial charge >= 0.3 is 17.1 Å². The zero-order valence-corrected chi connectivity index (χ0v) is 19.8. The molecule has 5 nitrogen and oxygen atoms in total. The maximum atomic E-state index is 5.59. The summed E-state index contributed by atoms with van der Waals surface area (Å²) >= 11 is 0. The molecule has 8 heteroatoms. The van der Waals surface area contributed by atoms with Gasteiger partial charge in [-0.1, -0.05) is 19.6 Å². The topological polar surface area (TPSA) is 40.2 Å². The Kier molecular flexibility index (Phi) is 10.6. The third-order valence-corrected chi connectivity index (χ3v) is 13.1. The standard InChI is InChI=1S/C15H39NO4Si3/c1-17-22(8,18-2)14-10-12-16(21(5,6)7)13-11-15-23(9,19-3)20-4/h10-15H2,1-9H3. The number of rotatable bonds is 13. The Balaban J connectivity index is 4.45. The van der Waals surface area contributed by atoms with E-state index in [2.05, 4.69) is 37.3 Å². The van der Waals surface area contributed by atoms with Crippen LogP contribution in [0, 0.1) is 0 Å². The second kappa shape index (κ2) is 10.4. The van der Waals surface area contributed by atoms with Gasteiger partial charge in [0.2, 0.25) is 0 Å². The first kappa shape index (κ1) is 23.5. The highest BCUT2D eigenvalue weighted by molar-refractivity contribution is 6.73. The van der Waals surface area contributed by atoms with Crippen LogP contribution in [0.5, 0.6) is 0 Å². The van der Waals surface area contributed by atoms with Crippen LogP contribution in [0.4, 0.5) is 0 Å². The molecule has 23 heavy (non-hydrogen) atoms. The van der Waals surface area contributed by atoms with E-state index in [0.717, 1.165) is 38.0 Å². The Morgan fingerprint density at radius 1 is 0.609 bits per heavy atom. The van der Waals surface area contributed by atoms with Gasteiger partial charge in [-0.2, -0.15) is 0 Å². The fraction of sp³-hybridized carbons (Fsp3) is 1.00. The van der Waals surface area contributed by atoms with E-state index in [-0.39, 0.29) is 0 Å². The highest BCUT2D eigenvalue weighted by Gasteiger charge is 2.31. The summed E-state index contributed by atoms with van der Waals surface area (Å²) in [7, 11) is 1.88. The lowest BCUT2D eigenvalue weighted by atomic mass is 10.4. The molecule has 0 N–H and O–H groups in total. The van der Waals surface area contributed by atoms with Crippen LogP contribution in [0.3, 0.4) is 0 Å². The molecule has 0 fully saturated rings. The molecule has 0 unspecified atom stereocenters. The molecule has 0 amide bonds. The smallest absolute Gasteiger partial charge is 0.334 e. The molecule has 0 saturated heterocycles. The van der Waals surface area contributed by atoms with Gasteiger partial charge in [-0.05, 0) is 51.1 Å². The molecule has 0 aliphatic rings. The van der Waals surface area contributed by atoms with Crippen molar-refractivity contribution in [2.24, 2.45) is 0 Å². The van der Waals surface area contributed by atoms with Crippen molar-refractivity contribution in [2.45, 2.75) is 57.7 Å². The lowest BCUT2D eigenvalue weighted by molar-refractivity contribution is 0.244. The van der Waals surface area contributed by atoms with Gasteiger partial charge < -0.3 is 22.3 Å². The van der Waals surface area contributed by atoms with Crippen LogP contribution in [-0.2, 0) is 17.7 Å². The molecule has 0 aromatic carbocycles. The summed E-state index contributed by atoms with van der Waals surface area (Å²) in [5.41, 5.74) is 0. The summed E-state index contributed by atoms with van der Waals surface area (Å²) < 4.78 is 25.1. The molecule has 0 spiro atoms. The fourth-order valence-corrected chi connectivity index (χ4v) is 6.95. The predicted octanol–water partition coefficient (Wildman–Crippen LogP) is 3.63. The van der Waals surface area contributed by atoms with Gasteiger partial charge in [-0.3, -0.25) is 0 Å². The maximum Gasteiger partial charge on any atom is 0.334 e. The Hall–Kier alpha value is 0.451. The van der Waals surface area contributed by atoms with Crippen LogP contribution in [0.15, 0.2) is 0 Å². The summed E-state index contributed by atoms with van der Waals surface area (Å²) in [6, 6.07) is 2.09. The van der Waals surface area contributed by atoms with Crippen LogP contribution < -0.4 is 0 Å². The molecule has 0 radical (unpaired) electrons.